The first kappa shape index (κ1) is 18.1. The van der Waals surface area contributed by atoms with E-state index in [1.165, 1.54) is 0 Å². The van der Waals surface area contributed by atoms with Crippen LogP contribution in [-0.2, 0) is 8.85 Å². The molecule has 0 aromatic carbocycles. The van der Waals surface area contributed by atoms with Gasteiger partial charge in [-0.15, -0.1) is 6.58 Å². The average molecular weight is 289 g/mol. The van der Waals surface area contributed by atoms with Crippen molar-refractivity contribution in [2.24, 2.45) is 0 Å². The van der Waals surface area contributed by atoms with E-state index in [1.807, 2.05) is 6.08 Å². The molecule has 0 aromatic rings. The van der Waals surface area contributed by atoms with Crippen molar-refractivity contribution >= 4 is 16.6 Å². The average Bonchev–Trinajstić information content (AvgIpc) is 2.12. The third-order valence-electron chi connectivity index (χ3n) is 2.39. The van der Waals surface area contributed by atoms with Gasteiger partial charge in [-0.2, -0.15) is 0 Å². The molecule has 0 aliphatic carbocycles. The van der Waals surface area contributed by atoms with Crippen LogP contribution in [0.15, 0.2) is 12.7 Å². The molecule has 0 amide bonds. The van der Waals surface area contributed by atoms with E-state index >= 15 is 0 Å². The SMILES string of the molecule is C=CC(C[C@@H](CCC)O[Si](C)(C)C)O[Si](C)(C)C. The van der Waals surface area contributed by atoms with Gasteiger partial charge in [0.05, 0.1) is 6.10 Å². The van der Waals surface area contributed by atoms with E-state index in [4.69, 9.17) is 8.85 Å². The summed E-state index contributed by atoms with van der Waals surface area (Å²) in [5.74, 6) is 0. The third kappa shape index (κ3) is 10.1. The highest BCUT2D eigenvalue weighted by molar-refractivity contribution is 6.70. The van der Waals surface area contributed by atoms with Gasteiger partial charge in [-0.3, -0.25) is 0 Å². The highest BCUT2D eigenvalue weighted by Gasteiger charge is 2.25. The zero-order valence-electron chi connectivity index (χ0n) is 13.4. The first-order valence-electron chi connectivity index (χ1n) is 7.05. The van der Waals surface area contributed by atoms with Gasteiger partial charge in [0, 0.05) is 12.5 Å². The summed E-state index contributed by atoms with van der Waals surface area (Å²) in [6.07, 6.45) is 5.63. The van der Waals surface area contributed by atoms with Gasteiger partial charge >= 0.3 is 0 Å². The summed E-state index contributed by atoms with van der Waals surface area (Å²) < 4.78 is 12.4. The van der Waals surface area contributed by atoms with E-state index in [0.717, 1.165) is 19.3 Å². The van der Waals surface area contributed by atoms with E-state index in [9.17, 15) is 0 Å². The lowest BCUT2D eigenvalue weighted by Crippen LogP contribution is -2.37. The first-order chi connectivity index (χ1) is 8.07. The van der Waals surface area contributed by atoms with Crippen LogP contribution in [0.1, 0.15) is 26.2 Å². The molecular formula is C14H32O2Si2. The van der Waals surface area contributed by atoms with Crippen LogP contribution in [0.25, 0.3) is 0 Å². The van der Waals surface area contributed by atoms with Crippen LogP contribution in [0.4, 0.5) is 0 Å². The summed E-state index contributed by atoms with van der Waals surface area (Å²) in [6.45, 7) is 19.5. The maximum absolute atomic E-state index is 6.25. The molecule has 0 bridgehead atoms. The second-order valence-corrected chi connectivity index (χ2v) is 15.8. The molecule has 0 aromatic heterocycles. The molecule has 0 heterocycles. The maximum atomic E-state index is 6.25. The normalized spacial score (nSPS) is 16.4. The summed E-state index contributed by atoms with van der Waals surface area (Å²) >= 11 is 0. The largest absolute Gasteiger partial charge is 0.415 e. The van der Waals surface area contributed by atoms with Crippen molar-refractivity contribution in [1.29, 1.82) is 0 Å². The summed E-state index contributed by atoms with van der Waals surface area (Å²) in [4.78, 5) is 0. The molecule has 18 heavy (non-hydrogen) atoms. The topological polar surface area (TPSA) is 18.5 Å². The van der Waals surface area contributed by atoms with Crippen LogP contribution < -0.4 is 0 Å². The van der Waals surface area contributed by atoms with E-state index in [1.54, 1.807) is 0 Å². The molecule has 0 saturated heterocycles. The maximum Gasteiger partial charge on any atom is 0.184 e. The fourth-order valence-electron chi connectivity index (χ4n) is 1.95. The summed E-state index contributed by atoms with van der Waals surface area (Å²) in [6, 6.07) is 0. The fourth-order valence-corrected chi connectivity index (χ4v) is 4.27. The molecule has 4 heteroatoms. The van der Waals surface area contributed by atoms with E-state index in [-0.39, 0.29) is 6.10 Å². The van der Waals surface area contributed by atoms with Crippen LogP contribution in [0.5, 0.6) is 0 Å². The van der Waals surface area contributed by atoms with Crippen molar-refractivity contribution in [3.63, 3.8) is 0 Å². The van der Waals surface area contributed by atoms with Gasteiger partial charge in [-0.25, -0.2) is 0 Å². The fraction of sp³-hybridized carbons (Fsp3) is 0.857. The lowest BCUT2D eigenvalue weighted by atomic mass is 10.1. The van der Waals surface area contributed by atoms with Crippen molar-refractivity contribution in [3.05, 3.63) is 12.7 Å². The predicted molar refractivity (Wildman–Crippen MR) is 86.2 cm³/mol. The van der Waals surface area contributed by atoms with Crippen molar-refractivity contribution in [2.75, 3.05) is 0 Å². The molecule has 0 saturated carbocycles. The number of rotatable bonds is 9. The van der Waals surface area contributed by atoms with Gasteiger partial charge in [0.2, 0.25) is 0 Å². The van der Waals surface area contributed by atoms with Crippen LogP contribution in [0.3, 0.4) is 0 Å². The number of hydrogen-bond donors (Lipinski definition) is 0. The molecule has 0 aliphatic heterocycles. The number of hydrogen-bond acceptors (Lipinski definition) is 2. The summed E-state index contributed by atoms with van der Waals surface area (Å²) in [7, 11) is -2.98. The van der Waals surface area contributed by atoms with Gasteiger partial charge in [0.25, 0.3) is 0 Å². The highest BCUT2D eigenvalue weighted by Crippen LogP contribution is 2.20. The molecule has 2 nitrogen and oxygen atoms in total. The van der Waals surface area contributed by atoms with Crippen molar-refractivity contribution in [2.45, 2.75) is 77.7 Å². The van der Waals surface area contributed by atoms with E-state index < -0.39 is 16.6 Å². The minimum absolute atomic E-state index is 0.143. The minimum Gasteiger partial charge on any atom is -0.415 e. The Bertz CT molecular complexity index is 241. The Morgan fingerprint density at radius 1 is 1.00 bits per heavy atom. The van der Waals surface area contributed by atoms with Gasteiger partial charge in [-0.1, -0.05) is 19.4 Å². The lowest BCUT2D eigenvalue weighted by molar-refractivity contribution is 0.118. The Hall–Kier alpha value is 0.0938. The molecule has 0 aliphatic rings. The molecule has 0 spiro atoms. The van der Waals surface area contributed by atoms with Gasteiger partial charge in [0.1, 0.15) is 0 Å². The molecule has 0 N–H and O–H groups in total. The molecule has 0 fully saturated rings. The highest BCUT2D eigenvalue weighted by atomic mass is 28.4. The Balaban J connectivity index is 4.48. The molecule has 0 rings (SSSR count). The standard InChI is InChI=1S/C14H32O2Si2/c1-9-11-14(16-18(6,7)8)12-13(10-2)15-17(3,4)5/h10,13-14H,2,9,11-12H2,1,3-8H3/t13?,14-/m1/s1. The van der Waals surface area contributed by atoms with E-state index in [0.29, 0.717) is 6.10 Å². The third-order valence-corrected chi connectivity index (χ3v) is 4.44. The van der Waals surface area contributed by atoms with Gasteiger partial charge < -0.3 is 8.85 Å². The second kappa shape index (κ2) is 7.63. The summed E-state index contributed by atoms with van der Waals surface area (Å²) in [5.41, 5.74) is 0. The Labute approximate surface area is 116 Å². The minimum atomic E-state index is -1.51. The Morgan fingerprint density at radius 3 is 1.83 bits per heavy atom. The molecule has 2 atom stereocenters. The smallest absolute Gasteiger partial charge is 0.184 e. The zero-order chi connectivity index (χ0) is 14.4. The molecule has 108 valence electrons. The zero-order valence-corrected chi connectivity index (χ0v) is 15.4. The van der Waals surface area contributed by atoms with Gasteiger partial charge in [0.15, 0.2) is 16.6 Å². The van der Waals surface area contributed by atoms with Crippen LogP contribution in [-0.4, -0.2) is 28.8 Å². The van der Waals surface area contributed by atoms with Crippen LogP contribution in [0.2, 0.25) is 39.3 Å². The van der Waals surface area contributed by atoms with Crippen molar-refractivity contribution < 1.29 is 8.85 Å². The van der Waals surface area contributed by atoms with Crippen LogP contribution in [0, 0.1) is 0 Å². The monoisotopic (exact) mass is 288 g/mol. The van der Waals surface area contributed by atoms with Crippen molar-refractivity contribution in [1.82, 2.24) is 0 Å². The molecular weight excluding hydrogens is 256 g/mol. The van der Waals surface area contributed by atoms with E-state index in [2.05, 4.69) is 52.8 Å². The molecule has 0 radical (unpaired) electrons. The summed E-state index contributed by atoms with van der Waals surface area (Å²) in [5, 5.41) is 0. The quantitative estimate of drug-likeness (QED) is 0.448. The second-order valence-electron chi connectivity index (χ2n) is 6.88. The predicted octanol–water partition coefficient (Wildman–Crippen LogP) is 4.80. The van der Waals surface area contributed by atoms with Crippen LogP contribution >= 0.6 is 0 Å². The molecule has 1 unspecified atom stereocenters. The lowest BCUT2D eigenvalue weighted by Gasteiger charge is -2.31. The van der Waals surface area contributed by atoms with Gasteiger partial charge in [-0.05, 0) is 45.7 Å². The Kier molecular flexibility index (Phi) is 7.67. The first-order valence-corrected chi connectivity index (χ1v) is 13.9. The van der Waals surface area contributed by atoms with Crippen molar-refractivity contribution in [3.8, 4) is 0 Å². The Morgan fingerprint density at radius 2 is 1.50 bits per heavy atom.